The first kappa shape index (κ1) is 16.1. The molecule has 0 saturated carbocycles. The van der Waals surface area contributed by atoms with E-state index in [1.807, 2.05) is 19.1 Å². The fraction of sp³-hybridized carbons (Fsp3) is 0.125. The van der Waals surface area contributed by atoms with Gasteiger partial charge in [0, 0.05) is 14.8 Å². The Bertz CT molecular complexity index is 888. The van der Waals surface area contributed by atoms with Crippen LogP contribution >= 0.6 is 34.5 Å². The summed E-state index contributed by atoms with van der Waals surface area (Å²) < 4.78 is 6.82. The van der Waals surface area contributed by atoms with Crippen LogP contribution in [0.5, 0.6) is 5.75 Å². The molecule has 23 heavy (non-hydrogen) atoms. The zero-order valence-electron chi connectivity index (χ0n) is 12.1. The Morgan fingerprint density at radius 1 is 1.17 bits per heavy atom. The van der Waals surface area contributed by atoms with Gasteiger partial charge in [0.25, 0.3) is 5.56 Å². The van der Waals surface area contributed by atoms with Gasteiger partial charge in [-0.1, -0.05) is 23.2 Å². The molecule has 0 atom stereocenters. The van der Waals surface area contributed by atoms with Gasteiger partial charge in [0.05, 0.1) is 11.9 Å². The Morgan fingerprint density at radius 3 is 2.57 bits per heavy atom. The van der Waals surface area contributed by atoms with Crippen LogP contribution in [-0.4, -0.2) is 9.78 Å². The van der Waals surface area contributed by atoms with Crippen molar-refractivity contribution in [3.63, 3.8) is 0 Å². The van der Waals surface area contributed by atoms with Gasteiger partial charge in [0.1, 0.15) is 6.61 Å². The lowest BCUT2D eigenvalue weighted by molar-refractivity contribution is 0.307. The van der Waals surface area contributed by atoms with Crippen LogP contribution in [0.4, 0.5) is 0 Å². The second-order valence-corrected chi connectivity index (χ2v) is 7.00. The number of ether oxygens (including phenoxy) is 1. The van der Waals surface area contributed by atoms with Crippen molar-refractivity contribution >= 4 is 34.5 Å². The highest BCUT2D eigenvalue weighted by atomic mass is 35.5. The highest BCUT2D eigenvalue weighted by Crippen LogP contribution is 2.23. The second-order valence-electron chi connectivity index (χ2n) is 4.82. The lowest BCUT2D eigenvalue weighted by Gasteiger charge is -2.09. The van der Waals surface area contributed by atoms with E-state index in [2.05, 4.69) is 5.10 Å². The van der Waals surface area contributed by atoms with Gasteiger partial charge in [-0.25, -0.2) is 0 Å². The molecule has 0 N–H and O–H groups in total. The Labute approximate surface area is 146 Å². The molecular weight excluding hydrogens is 355 g/mol. The molecule has 7 heteroatoms. The van der Waals surface area contributed by atoms with E-state index in [1.54, 1.807) is 35.6 Å². The Hall–Kier alpha value is -1.82. The number of hydrogen-bond donors (Lipinski definition) is 0. The predicted octanol–water partition coefficient (Wildman–Crippen LogP) is 4.49. The largest absolute Gasteiger partial charge is 0.485 e. The maximum Gasteiger partial charge on any atom is 0.294 e. The fourth-order valence-corrected chi connectivity index (χ4v) is 3.11. The second kappa shape index (κ2) is 6.74. The lowest BCUT2D eigenvalue weighted by atomic mass is 10.3. The van der Waals surface area contributed by atoms with Crippen molar-refractivity contribution in [2.24, 2.45) is 0 Å². The molecule has 3 aromatic rings. The molecule has 118 valence electrons. The molecule has 3 rings (SSSR count). The summed E-state index contributed by atoms with van der Waals surface area (Å²) in [5.41, 5.74) is 0.149. The molecule has 0 spiro atoms. The van der Waals surface area contributed by atoms with E-state index < -0.39 is 5.56 Å². The summed E-state index contributed by atoms with van der Waals surface area (Å²) in [7, 11) is 0. The minimum absolute atomic E-state index is 0.00299. The SMILES string of the molecule is Cc1ccc(COc2cnn(-c3ccc(Cl)cc3)c(=O)c2Cl)s1. The Kier molecular flexibility index (Phi) is 4.71. The molecule has 0 aliphatic carbocycles. The van der Waals surface area contributed by atoms with Crippen molar-refractivity contribution in [1.82, 2.24) is 9.78 Å². The normalized spacial score (nSPS) is 10.7. The van der Waals surface area contributed by atoms with Crippen molar-refractivity contribution in [3.8, 4) is 11.4 Å². The number of benzene rings is 1. The van der Waals surface area contributed by atoms with Gasteiger partial charge in [0.2, 0.25) is 0 Å². The summed E-state index contributed by atoms with van der Waals surface area (Å²) in [6.07, 6.45) is 1.44. The van der Waals surface area contributed by atoms with Crippen LogP contribution in [0.15, 0.2) is 47.4 Å². The molecular formula is C16H12Cl2N2O2S. The highest BCUT2D eigenvalue weighted by Gasteiger charge is 2.12. The zero-order valence-corrected chi connectivity index (χ0v) is 14.5. The van der Waals surface area contributed by atoms with Gasteiger partial charge in [-0.3, -0.25) is 4.79 Å². The minimum Gasteiger partial charge on any atom is -0.485 e. The lowest BCUT2D eigenvalue weighted by Crippen LogP contribution is -2.21. The van der Waals surface area contributed by atoms with Crippen LogP contribution in [-0.2, 0) is 6.61 Å². The number of nitrogens with zero attached hydrogens (tertiary/aromatic N) is 2. The third-order valence-electron chi connectivity index (χ3n) is 3.12. The molecule has 0 fully saturated rings. The maximum absolute atomic E-state index is 12.3. The number of aryl methyl sites for hydroxylation is 1. The van der Waals surface area contributed by atoms with Crippen LogP contribution < -0.4 is 10.3 Å². The fourth-order valence-electron chi connectivity index (χ4n) is 2.00. The van der Waals surface area contributed by atoms with Crippen molar-refractivity contribution in [3.05, 3.63) is 72.7 Å². The molecule has 0 aliphatic heterocycles. The topological polar surface area (TPSA) is 44.1 Å². The third-order valence-corrected chi connectivity index (χ3v) is 4.70. The number of hydrogen-bond acceptors (Lipinski definition) is 4. The van der Waals surface area contributed by atoms with E-state index in [0.29, 0.717) is 17.3 Å². The van der Waals surface area contributed by atoms with E-state index in [1.165, 1.54) is 15.8 Å². The van der Waals surface area contributed by atoms with E-state index in [0.717, 1.165) is 4.88 Å². The van der Waals surface area contributed by atoms with Crippen molar-refractivity contribution in [2.45, 2.75) is 13.5 Å². The van der Waals surface area contributed by atoms with E-state index >= 15 is 0 Å². The van der Waals surface area contributed by atoms with Crippen LogP contribution in [0.3, 0.4) is 0 Å². The smallest absolute Gasteiger partial charge is 0.294 e. The van der Waals surface area contributed by atoms with Gasteiger partial charge >= 0.3 is 0 Å². The molecule has 0 saturated heterocycles. The molecule has 1 aromatic carbocycles. The Balaban J connectivity index is 1.85. The van der Waals surface area contributed by atoms with Crippen molar-refractivity contribution < 1.29 is 4.74 Å². The summed E-state index contributed by atoms with van der Waals surface area (Å²) in [6, 6.07) is 10.8. The average molecular weight is 367 g/mol. The molecule has 0 aliphatic rings. The first-order chi connectivity index (χ1) is 11.0. The van der Waals surface area contributed by atoms with Gasteiger partial charge in [-0.15, -0.1) is 11.3 Å². The third kappa shape index (κ3) is 3.58. The first-order valence-electron chi connectivity index (χ1n) is 6.76. The maximum atomic E-state index is 12.3. The highest BCUT2D eigenvalue weighted by molar-refractivity contribution is 7.11. The summed E-state index contributed by atoms with van der Waals surface area (Å²) in [4.78, 5) is 14.6. The van der Waals surface area contributed by atoms with Gasteiger partial charge < -0.3 is 4.74 Å². The molecule has 0 amide bonds. The summed E-state index contributed by atoms with van der Waals surface area (Å²) in [5, 5.41) is 4.70. The number of thiophene rings is 1. The van der Waals surface area contributed by atoms with Gasteiger partial charge in [-0.05, 0) is 43.3 Å². The number of halogens is 2. The molecule has 0 bridgehead atoms. The van der Waals surface area contributed by atoms with Crippen LogP contribution in [0, 0.1) is 6.92 Å². The molecule has 0 unspecified atom stereocenters. The zero-order chi connectivity index (χ0) is 16.4. The summed E-state index contributed by atoms with van der Waals surface area (Å²) >= 11 is 13.6. The molecule has 2 aromatic heterocycles. The van der Waals surface area contributed by atoms with Crippen LogP contribution in [0.1, 0.15) is 9.75 Å². The van der Waals surface area contributed by atoms with Crippen LogP contribution in [0.25, 0.3) is 5.69 Å². The number of rotatable bonds is 4. The monoisotopic (exact) mass is 366 g/mol. The minimum atomic E-state index is -0.436. The molecule has 0 radical (unpaired) electrons. The summed E-state index contributed by atoms with van der Waals surface area (Å²) in [6.45, 7) is 2.38. The van der Waals surface area contributed by atoms with Crippen molar-refractivity contribution in [2.75, 3.05) is 0 Å². The van der Waals surface area contributed by atoms with E-state index in [4.69, 9.17) is 27.9 Å². The average Bonchev–Trinajstić information content (AvgIpc) is 2.95. The first-order valence-corrected chi connectivity index (χ1v) is 8.34. The Morgan fingerprint density at radius 2 is 1.91 bits per heavy atom. The van der Waals surface area contributed by atoms with Crippen molar-refractivity contribution in [1.29, 1.82) is 0 Å². The quantitative estimate of drug-likeness (QED) is 0.683. The number of aromatic nitrogens is 2. The molecule has 2 heterocycles. The molecule has 4 nitrogen and oxygen atoms in total. The van der Waals surface area contributed by atoms with Crippen LogP contribution in [0.2, 0.25) is 10.0 Å². The predicted molar refractivity (Wildman–Crippen MR) is 93.2 cm³/mol. The standard InChI is InChI=1S/C16H12Cl2N2O2S/c1-10-2-7-13(23-10)9-22-14-8-19-20(16(21)15(14)18)12-5-3-11(17)4-6-12/h2-8H,9H2,1H3. The van der Waals surface area contributed by atoms with E-state index in [-0.39, 0.29) is 10.8 Å². The van der Waals surface area contributed by atoms with E-state index in [9.17, 15) is 4.79 Å². The summed E-state index contributed by atoms with van der Waals surface area (Å²) in [5.74, 6) is 0.271. The van der Waals surface area contributed by atoms with Gasteiger partial charge in [-0.2, -0.15) is 9.78 Å². The van der Waals surface area contributed by atoms with Gasteiger partial charge in [0.15, 0.2) is 10.8 Å².